The molecule has 0 aromatic carbocycles. The lowest BCUT2D eigenvalue weighted by molar-refractivity contribution is -0.137. The summed E-state index contributed by atoms with van der Waals surface area (Å²) in [6, 6.07) is 2.03. The lowest BCUT2D eigenvalue weighted by Gasteiger charge is -2.29. The van der Waals surface area contributed by atoms with Crippen molar-refractivity contribution in [2.75, 3.05) is 26.2 Å². The number of hydrogen-bond donors (Lipinski definition) is 1. The van der Waals surface area contributed by atoms with Crippen molar-refractivity contribution in [3.05, 3.63) is 0 Å². The number of rotatable bonds is 5. The number of carbonyl (C=O) groups is 1. The van der Waals surface area contributed by atoms with Crippen LogP contribution in [0.4, 0.5) is 0 Å². The molecule has 0 aliphatic carbocycles. The van der Waals surface area contributed by atoms with Gasteiger partial charge in [-0.25, -0.2) is 0 Å². The molecule has 0 radical (unpaired) electrons. The van der Waals surface area contributed by atoms with E-state index in [0.717, 1.165) is 19.3 Å². The Labute approximate surface area is 96.2 Å². The minimum atomic E-state index is -0.457. The number of hydrogen-bond acceptors (Lipinski definition) is 4. The number of nitriles is 1. The number of nitrogens with two attached hydrogens (primary N) is 1. The van der Waals surface area contributed by atoms with Gasteiger partial charge >= 0.3 is 0 Å². The second-order valence-corrected chi connectivity index (χ2v) is 3.93. The SMILES string of the molecule is N#CC1CN(C(=O)CCCCCN)CCO1. The molecule has 0 saturated carbocycles. The van der Waals surface area contributed by atoms with Gasteiger partial charge in [-0.05, 0) is 19.4 Å². The van der Waals surface area contributed by atoms with Gasteiger partial charge in [-0.3, -0.25) is 4.79 Å². The summed E-state index contributed by atoms with van der Waals surface area (Å²) in [7, 11) is 0. The van der Waals surface area contributed by atoms with Crippen molar-refractivity contribution < 1.29 is 9.53 Å². The van der Waals surface area contributed by atoms with Crippen LogP contribution in [-0.2, 0) is 9.53 Å². The first-order chi connectivity index (χ1) is 7.77. The molecule has 1 heterocycles. The van der Waals surface area contributed by atoms with Gasteiger partial charge in [0, 0.05) is 13.0 Å². The van der Waals surface area contributed by atoms with E-state index in [2.05, 4.69) is 0 Å². The predicted molar refractivity (Wildman–Crippen MR) is 59.5 cm³/mol. The van der Waals surface area contributed by atoms with Crippen LogP contribution < -0.4 is 5.73 Å². The van der Waals surface area contributed by atoms with Gasteiger partial charge in [0.05, 0.1) is 19.2 Å². The van der Waals surface area contributed by atoms with Crippen LogP contribution in [0.3, 0.4) is 0 Å². The van der Waals surface area contributed by atoms with E-state index in [1.165, 1.54) is 0 Å². The maximum Gasteiger partial charge on any atom is 0.222 e. The molecular weight excluding hydrogens is 206 g/mol. The minimum absolute atomic E-state index is 0.126. The van der Waals surface area contributed by atoms with Crippen molar-refractivity contribution in [3.8, 4) is 6.07 Å². The summed E-state index contributed by atoms with van der Waals surface area (Å²) >= 11 is 0. The normalized spacial score (nSPS) is 20.5. The highest BCUT2D eigenvalue weighted by atomic mass is 16.5. The maximum absolute atomic E-state index is 11.8. The first-order valence-corrected chi connectivity index (χ1v) is 5.77. The summed E-state index contributed by atoms with van der Waals surface area (Å²) in [6.45, 7) is 2.16. The lowest BCUT2D eigenvalue weighted by Crippen LogP contribution is -2.45. The molecular formula is C11H19N3O2. The standard InChI is InChI=1S/C11H19N3O2/c12-5-3-1-2-4-11(15)14-6-7-16-10(8-13)9-14/h10H,1-7,9,12H2. The Balaban J connectivity index is 2.23. The van der Waals surface area contributed by atoms with Crippen molar-refractivity contribution in [1.29, 1.82) is 5.26 Å². The van der Waals surface area contributed by atoms with E-state index in [1.54, 1.807) is 4.90 Å². The molecule has 5 nitrogen and oxygen atoms in total. The van der Waals surface area contributed by atoms with Crippen molar-refractivity contribution >= 4 is 5.91 Å². The first-order valence-electron chi connectivity index (χ1n) is 5.77. The number of unbranched alkanes of at least 4 members (excludes halogenated alkanes) is 2. The Morgan fingerprint density at radius 1 is 1.50 bits per heavy atom. The highest BCUT2D eigenvalue weighted by molar-refractivity contribution is 5.76. The van der Waals surface area contributed by atoms with Crippen LogP contribution in [0.2, 0.25) is 0 Å². The van der Waals surface area contributed by atoms with Crippen LogP contribution in [0.15, 0.2) is 0 Å². The van der Waals surface area contributed by atoms with Gasteiger partial charge in [0.2, 0.25) is 5.91 Å². The number of carbonyl (C=O) groups excluding carboxylic acids is 1. The molecule has 0 aromatic heterocycles. The molecule has 0 spiro atoms. The van der Waals surface area contributed by atoms with Gasteiger partial charge in [0.1, 0.15) is 0 Å². The van der Waals surface area contributed by atoms with E-state index in [0.29, 0.717) is 32.7 Å². The second-order valence-electron chi connectivity index (χ2n) is 3.93. The molecule has 16 heavy (non-hydrogen) atoms. The van der Waals surface area contributed by atoms with E-state index in [-0.39, 0.29) is 5.91 Å². The Bertz CT molecular complexity index is 262. The highest BCUT2D eigenvalue weighted by Gasteiger charge is 2.23. The maximum atomic E-state index is 11.8. The van der Waals surface area contributed by atoms with Gasteiger partial charge < -0.3 is 15.4 Å². The average molecular weight is 225 g/mol. The molecule has 1 rings (SSSR count). The van der Waals surface area contributed by atoms with Gasteiger partial charge in [0.25, 0.3) is 0 Å². The Kier molecular flexibility index (Phi) is 5.83. The van der Waals surface area contributed by atoms with Crippen LogP contribution in [0.25, 0.3) is 0 Å². The smallest absolute Gasteiger partial charge is 0.222 e. The largest absolute Gasteiger partial charge is 0.360 e. The number of nitrogens with zero attached hydrogens (tertiary/aromatic N) is 2. The fourth-order valence-corrected chi connectivity index (χ4v) is 1.71. The van der Waals surface area contributed by atoms with Crippen molar-refractivity contribution in [1.82, 2.24) is 4.90 Å². The molecule has 1 atom stereocenters. The van der Waals surface area contributed by atoms with E-state index in [4.69, 9.17) is 15.7 Å². The lowest BCUT2D eigenvalue weighted by atomic mass is 10.1. The van der Waals surface area contributed by atoms with E-state index in [9.17, 15) is 4.79 Å². The summed E-state index contributed by atoms with van der Waals surface area (Å²) in [5.41, 5.74) is 5.38. The Hall–Kier alpha value is -1.12. The van der Waals surface area contributed by atoms with Gasteiger partial charge in [-0.2, -0.15) is 5.26 Å². The molecule has 1 amide bonds. The Morgan fingerprint density at radius 3 is 3.00 bits per heavy atom. The zero-order valence-electron chi connectivity index (χ0n) is 9.52. The third-order valence-corrected chi connectivity index (χ3v) is 2.66. The monoisotopic (exact) mass is 225 g/mol. The topological polar surface area (TPSA) is 79.4 Å². The third-order valence-electron chi connectivity index (χ3n) is 2.66. The second kappa shape index (κ2) is 7.20. The number of amides is 1. The van der Waals surface area contributed by atoms with E-state index >= 15 is 0 Å². The van der Waals surface area contributed by atoms with Crippen molar-refractivity contribution in [3.63, 3.8) is 0 Å². The fourth-order valence-electron chi connectivity index (χ4n) is 1.71. The van der Waals surface area contributed by atoms with Crippen LogP contribution >= 0.6 is 0 Å². The average Bonchev–Trinajstić information content (AvgIpc) is 2.34. The summed E-state index contributed by atoms with van der Waals surface area (Å²) in [5.74, 6) is 0.126. The van der Waals surface area contributed by atoms with E-state index < -0.39 is 6.10 Å². The number of morpholine rings is 1. The molecule has 1 aliphatic rings. The summed E-state index contributed by atoms with van der Waals surface area (Å²) in [6.07, 6.45) is 2.94. The van der Waals surface area contributed by atoms with Crippen molar-refractivity contribution in [2.24, 2.45) is 5.73 Å². The van der Waals surface area contributed by atoms with Gasteiger partial charge in [0.15, 0.2) is 6.10 Å². The summed E-state index contributed by atoms with van der Waals surface area (Å²) in [4.78, 5) is 13.5. The van der Waals surface area contributed by atoms with Crippen LogP contribution in [0.5, 0.6) is 0 Å². The molecule has 90 valence electrons. The number of ether oxygens (including phenoxy) is 1. The van der Waals surface area contributed by atoms with E-state index in [1.807, 2.05) is 6.07 Å². The quantitative estimate of drug-likeness (QED) is 0.680. The summed E-state index contributed by atoms with van der Waals surface area (Å²) < 4.78 is 5.18. The molecule has 0 aromatic rings. The molecule has 1 aliphatic heterocycles. The minimum Gasteiger partial charge on any atom is -0.360 e. The zero-order valence-corrected chi connectivity index (χ0v) is 9.52. The molecule has 1 unspecified atom stereocenters. The molecule has 1 saturated heterocycles. The zero-order chi connectivity index (χ0) is 11.8. The van der Waals surface area contributed by atoms with Crippen LogP contribution in [0.1, 0.15) is 25.7 Å². The van der Waals surface area contributed by atoms with Crippen molar-refractivity contribution in [2.45, 2.75) is 31.8 Å². The van der Waals surface area contributed by atoms with Gasteiger partial charge in [-0.1, -0.05) is 6.42 Å². The van der Waals surface area contributed by atoms with Crippen LogP contribution in [-0.4, -0.2) is 43.2 Å². The molecule has 2 N–H and O–H groups in total. The molecule has 5 heteroatoms. The predicted octanol–water partition coefficient (Wildman–Crippen LogP) is 0.256. The Morgan fingerprint density at radius 2 is 2.31 bits per heavy atom. The highest BCUT2D eigenvalue weighted by Crippen LogP contribution is 2.08. The van der Waals surface area contributed by atoms with Crippen LogP contribution in [0, 0.1) is 11.3 Å². The first kappa shape index (κ1) is 12.9. The fraction of sp³-hybridized carbons (Fsp3) is 0.818. The van der Waals surface area contributed by atoms with Gasteiger partial charge in [-0.15, -0.1) is 0 Å². The molecule has 0 bridgehead atoms. The summed E-state index contributed by atoms with van der Waals surface area (Å²) in [5, 5.41) is 8.71. The molecule has 1 fully saturated rings. The third kappa shape index (κ3) is 4.17.